The lowest BCUT2D eigenvalue weighted by Gasteiger charge is -2.32. The maximum Gasteiger partial charge on any atom is 0.316 e. The Morgan fingerprint density at radius 2 is 1.15 bits per heavy atom. The molecule has 17 heteroatoms. The Morgan fingerprint density at radius 3 is 1.70 bits per heavy atom. The van der Waals surface area contributed by atoms with Crippen molar-refractivity contribution in [2.75, 3.05) is 18.9 Å². The van der Waals surface area contributed by atoms with Crippen LogP contribution in [0.1, 0.15) is 56.7 Å². The van der Waals surface area contributed by atoms with E-state index in [4.69, 9.17) is 11.5 Å². The number of phenolic OH excluding ortho intramolecular Hbond substituents is 1. The number of nitrogens with two attached hydrogens (primary N) is 2. The van der Waals surface area contributed by atoms with Crippen LogP contribution >= 0.6 is 0 Å². The average molecular weight is 828 g/mol. The van der Waals surface area contributed by atoms with E-state index in [1.54, 1.807) is 74.5 Å². The summed E-state index contributed by atoms with van der Waals surface area (Å²) in [5.74, 6) is -4.52. The summed E-state index contributed by atoms with van der Waals surface area (Å²) in [6.07, 6.45) is 1.03. The standard InChI is InChI=1S/C43H57N9O8/c1-25(2)36-41(58)50-35(24-27-10-6-5-7-11-27)42(59)52(4)26(3)37(54)48-33(23-29-15-19-31(53)20-16-29)40(57)49-34(22-28-13-17-30(18-14-28)46-43(45)60)39(56)47-32(38(55)51-36)12-8-9-21-44/h5-7,10-11,13-20,25-26,32-36,53H,8-9,12,21-24,44H2,1-4H3,(H,47,56)(H,48,54)(H,49,57)(H,50,58)(H,51,55)(H3,45,46,60)/t26-,32-,33-,34+,35-,36-/m0/s1. The fraction of sp³-hybridized carbons (Fsp3) is 0.419. The third-order valence-corrected chi connectivity index (χ3v) is 10.3. The van der Waals surface area contributed by atoms with E-state index in [9.17, 15) is 38.7 Å². The van der Waals surface area contributed by atoms with Crippen LogP contribution in [0.5, 0.6) is 5.75 Å². The third kappa shape index (κ3) is 13.5. The van der Waals surface area contributed by atoms with Crippen LogP contribution in [0.3, 0.4) is 0 Å². The molecule has 3 aromatic carbocycles. The van der Waals surface area contributed by atoms with E-state index < -0.39 is 83.6 Å². The van der Waals surface area contributed by atoms with Gasteiger partial charge < -0.3 is 53.4 Å². The Bertz CT molecular complexity index is 1960. The molecule has 0 spiro atoms. The molecule has 8 amide bonds. The number of unbranched alkanes of at least 4 members (excludes halogenated alkanes) is 1. The zero-order valence-electron chi connectivity index (χ0n) is 34.4. The smallest absolute Gasteiger partial charge is 0.316 e. The number of urea groups is 1. The second-order valence-corrected chi connectivity index (χ2v) is 15.3. The molecule has 0 aromatic heterocycles. The van der Waals surface area contributed by atoms with Crippen LogP contribution in [0.2, 0.25) is 0 Å². The van der Waals surface area contributed by atoms with E-state index in [-0.39, 0.29) is 31.4 Å². The normalized spacial score (nSPS) is 22.4. The Labute approximate surface area is 349 Å². The highest BCUT2D eigenvalue weighted by Gasteiger charge is 2.37. The van der Waals surface area contributed by atoms with Crippen LogP contribution in [0.25, 0.3) is 0 Å². The van der Waals surface area contributed by atoms with Crippen molar-refractivity contribution in [1.29, 1.82) is 0 Å². The van der Waals surface area contributed by atoms with Gasteiger partial charge in [0, 0.05) is 32.0 Å². The molecular formula is C43H57N9O8. The number of nitrogens with one attached hydrogen (secondary N) is 6. The summed E-state index contributed by atoms with van der Waals surface area (Å²) >= 11 is 0. The Balaban J connectivity index is 1.79. The molecule has 1 saturated heterocycles. The predicted molar refractivity (Wildman–Crippen MR) is 225 cm³/mol. The van der Waals surface area contributed by atoms with E-state index in [1.165, 1.54) is 31.0 Å². The average Bonchev–Trinajstić information content (AvgIpc) is 3.21. The number of rotatable bonds is 12. The van der Waals surface area contributed by atoms with Gasteiger partial charge in [0.1, 0.15) is 42.0 Å². The van der Waals surface area contributed by atoms with Gasteiger partial charge >= 0.3 is 6.03 Å². The van der Waals surface area contributed by atoms with Crippen molar-refractivity contribution >= 4 is 47.2 Å². The zero-order valence-corrected chi connectivity index (χ0v) is 34.4. The predicted octanol–water partition coefficient (Wildman–Crippen LogP) is 0.980. The van der Waals surface area contributed by atoms with Crippen LogP contribution in [-0.4, -0.2) is 101 Å². The molecule has 4 rings (SSSR count). The first-order valence-electron chi connectivity index (χ1n) is 20.0. The first-order valence-corrected chi connectivity index (χ1v) is 20.0. The van der Waals surface area contributed by atoms with Gasteiger partial charge in [0.25, 0.3) is 0 Å². The molecule has 3 aromatic rings. The molecule has 1 aliphatic rings. The Kier molecular flexibility index (Phi) is 17.0. The SMILES string of the molecule is CC(C)[C@@H]1NC(=O)[C@H](CCCCN)NC(=O)[C@@H](Cc2ccc(NC(N)=O)cc2)NC(=O)[C@H](Cc2ccc(O)cc2)NC(=O)[C@H](C)N(C)C(=O)[C@H](Cc2ccccc2)NC1=O. The fourth-order valence-electron chi connectivity index (χ4n) is 6.70. The summed E-state index contributed by atoms with van der Waals surface area (Å²) in [7, 11) is 1.42. The number of aromatic hydroxyl groups is 1. The quantitative estimate of drug-likeness (QED) is 0.118. The van der Waals surface area contributed by atoms with E-state index >= 15 is 0 Å². The molecule has 322 valence electrons. The number of anilines is 1. The molecule has 0 radical (unpaired) electrons. The van der Waals surface area contributed by atoms with E-state index in [0.29, 0.717) is 36.2 Å². The zero-order chi connectivity index (χ0) is 43.9. The number of primary amides is 1. The van der Waals surface area contributed by atoms with Crippen molar-refractivity contribution in [3.05, 3.63) is 95.6 Å². The minimum Gasteiger partial charge on any atom is -0.508 e. The second kappa shape index (κ2) is 22.0. The van der Waals surface area contributed by atoms with Gasteiger partial charge in [-0.05, 0) is 79.6 Å². The first kappa shape index (κ1) is 46.2. The number of hydrogen-bond acceptors (Lipinski definition) is 9. The van der Waals surface area contributed by atoms with Crippen LogP contribution in [-0.2, 0) is 48.0 Å². The summed E-state index contributed by atoms with van der Waals surface area (Å²) in [5.41, 5.74) is 13.3. The molecule has 17 nitrogen and oxygen atoms in total. The molecule has 1 heterocycles. The lowest BCUT2D eigenvalue weighted by Crippen LogP contribution is -2.62. The maximum absolute atomic E-state index is 14.3. The summed E-state index contributed by atoms with van der Waals surface area (Å²) in [6, 6.07) is 13.4. The highest BCUT2D eigenvalue weighted by atomic mass is 16.3. The first-order chi connectivity index (χ1) is 28.6. The van der Waals surface area contributed by atoms with Crippen molar-refractivity contribution in [2.24, 2.45) is 17.4 Å². The molecule has 0 bridgehead atoms. The second-order valence-electron chi connectivity index (χ2n) is 15.3. The van der Waals surface area contributed by atoms with Gasteiger partial charge in [-0.3, -0.25) is 28.8 Å². The van der Waals surface area contributed by atoms with Crippen molar-refractivity contribution in [1.82, 2.24) is 31.5 Å². The molecule has 0 aliphatic carbocycles. The molecule has 6 atom stereocenters. The molecule has 11 N–H and O–H groups in total. The summed E-state index contributed by atoms with van der Waals surface area (Å²) in [6.45, 7) is 5.28. The van der Waals surface area contributed by atoms with Crippen molar-refractivity contribution in [3.63, 3.8) is 0 Å². The van der Waals surface area contributed by atoms with Crippen LogP contribution in [0.4, 0.5) is 10.5 Å². The van der Waals surface area contributed by atoms with E-state index in [2.05, 4.69) is 31.9 Å². The number of nitrogens with zero attached hydrogens (tertiary/aromatic N) is 1. The maximum atomic E-state index is 14.3. The highest BCUT2D eigenvalue weighted by Crippen LogP contribution is 2.16. The number of carbonyl (C=O) groups excluding carboxylic acids is 7. The van der Waals surface area contributed by atoms with Crippen molar-refractivity contribution < 1.29 is 38.7 Å². The van der Waals surface area contributed by atoms with E-state index in [0.717, 1.165) is 5.56 Å². The summed E-state index contributed by atoms with van der Waals surface area (Å²) in [5, 5.41) is 26.3. The van der Waals surface area contributed by atoms with Gasteiger partial charge in [0.15, 0.2) is 0 Å². The highest BCUT2D eigenvalue weighted by molar-refractivity contribution is 5.98. The van der Waals surface area contributed by atoms with Crippen LogP contribution < -0.4 is 43.4 Å². The lowest BCUT2D eigenvalue weighted by atomic mass is 9.99. The minimum atomic E-state index is -1.31. The molecule has 1 aliphatic heterocycles. The Hall–Kier alpha value is -6.49. The number of benzene rings is 3. The molecule has 0 unspecified atom stereocenters. The number of likely N-dealkylation sites (N-methyl/N-ethyl adjacent to an activating group) is 1. The lowest BCUT2D eigenvalue weighted by molar-refractivity contribution is -0.143. The van der Waals surface area contributed by atoms with E-state index in [1.807, 2.05) is 6.07 Å². The fourth-order valence-corrected chi connectivity index (χ4v) is 6.70. The van der Waals surface area contributed by atoms with Gasteiger partial charge in [-0.25, -0.2) is 4.79 Å². The van der Waals surface area contributed by atoms with Crippen molar-refractivity contribution in [3.8, 4) is 5.75 Å². The van der Waals surface area contributed by atoms with Crippen LogP contribution in [0, 0.1) is 5.92 Å². The summed E-state index contributed by atoms with van der Waals surface area (Å²) < 4.78 is 0. The molecule has 60 heavy (non-hydrogen) atoms. The number of phenols is 1. The van der Waals surface area contributed by atoms with Gasteiger partial charge in [-0.1, -0.05) is 68.4 Å². The molecule has 0 saturated carbocycles. The third-order valence-electron chi connectivity index (χ3n) is 10.3. The largest absolute Gasteiger partial charge is 0.508 e. The van der Waals surface area contributed by atoms with Gasteiger partial charge in [-0.15, -0.1) is 0 Å². The minimum absolute atomic E-state index is 0.0126. The number of amides is 8. The van der Waals surface area contributed by atoms with Gasteiger partial charge in [-0.2, -0.15) is 0 Å². The number of carbonyl (C=O) groups is 7. The Morgan fingerprint density at radius 1 is 0.667 bits per heavy atom. The summed E-state index contributed by atoms with van der Waals surface area (Å²) in [4.78, 5) is 97.6. The van der Waals surface area contributed by atoms with Gasteiger partial charge in [0.2, 0.25) is 35.4 Å². The van der Waals surface area contributed by atoms with Crippen LogP contribution in [0.15, 0.2) is 78.9 Å². The molecular weight excluding hydrogens is 771 g/mol. The monoisotopic (exact) mass is 827 g/mol. The molecule has 1 fully saturated rings. The van der Waals surface area contributed by atoms with Crippen molar-refractivity contribution in [2.45, 2.75) is 95.5 Å². The topological polar surface area (TPSA) is 267 Å². The number of hydrogen-bond donors (Lipinski definition) is 9. The van der Waals surface area contributed by atoms with Gasteiger partial charge in [0.05, 0.1) is 0 Å².